The van der Waals surface area contributed by atoms with Crippen molar-refractivity contribution in [3.63, 3.8) is 0 Å². The highest BCUT2D eigenvalue weighted by molar-refractivity contribution is 8.14. The second kappa shape index (κ2) is 11.6. The van der Waals surface area contributed by atoms with Crippen LogP contribution in [-0.2, 0) is 0 Å². The molecule has 1 amide bonds. The van der Waals surface area contributed by atoms with Gasteiger partial charge in [0.2, 0.25) is 0 Å². The van der Waals surface area contributed by atoms with Crippen molar-refractivity contribution < 1.29 is 9.90 Å². The first-order valence-electron chi connectivity index (χ1n) is 4.48. The smallest absolute Gasteiger partial charge is 0.279 e. The largest absolute Gasteiger partial charge is 0.396 e. The van der Waals surface area contributed by atoms with Crippen LogP contribution in [0, 0.1) is 0 Å². The van der Waals surface area contributed by atoms with Gasteiger partial charge in [-0.25, -0.2) is 0 Å². The lowest BCUT2D eigenvalue weighted by molar-refractivity contribution is 0.262. The number of carbonyl (C=O) groups excluding carboxylic acids is 1. The Morgan fingerprint density at radius 1 is 1.29 bits per heavy atom. The lowest BCUT2D eigenvalue weighted by Gasteiger charge is -2.02. The van der Waals surface area contributed by atoms with Crippen molar-refractivity contribution in [2.24, 2.45) is 0 Å². The molecule has 0 atom stereocenters. The molecule has 0 saturated heterocycles. The van der Waals surface area contributed by atoms with Crippen molar-refractivity contribution in [3.05, 3.63) is 0 Å². The summed E-state index contributed by atoms with van der Waals surface area (Å²) in [5, 5.41) is 11.4. The Labute approximate surface area is 98.2 Å². The number of amides is 1. The van der Waals surface area contributed by atoms with Crippen LogP contribution >= 0.6 is 35.3 Å². The molecule has 0 spiro atoms. The Bertz CT molecular complexity index is 147. The number of rotatable bonds is 8. The van der Waals surface area contributed by atoms with Gasteiger partial charge in [0, 0.05) is 17.3 Å². The number of nitrogens with one attached hydrogen (secondary N) is 1. The van der Waals surface area contributed by atoms with Crippen LogP contribution in [0.4, 0.5) is 4.79 Å². The quantitative estimate of drug-likeness (QED) is 0.512. The fraction of sp³-hybridized carbons (Fsp3) is 0.875. The van der Waals surface area contributed by atoms with Crippen molar-refractivity contribution in [2.45, 2.75) is 6.92 Å². The first-order chi connectivity index (χ1) is 6.81. The third kappa shape index (κ3) is 10.6. The molecule has 84 valence electrons. The van der Waals surface area contributed by atoms with E-state index in [9.17, 15) is 4.79 Å². The Morgan fingerprint density at radius 2 is 2.07 bits per heavy atom. The molecule has 0 rings (SSSR count). The van der Waals surface area contributed by atoms with Crippen molar-refractivity contribution in [1.29, 1.82) is 0 Å². The van der Waals surface area contributed by atoms with Gasteiger partial charge in [0.05, 0.1) is 12.5 Å². The Hall–Kier alpha value is 0.480. The monoisotopic (exact) mass is 255 g/mol. The predicted molar refractivity (Wildman–Crippen MR) is 68.4 cm³/mol. The zero-order chi connectivity index (χ0) is 10.6. The molecule has 0 aromatic carbocycles. The average molecular weight is 255 g/mol. The fourth-order valence-corrected chi connectivity index (χ4v) is 2.65. The first kappa shape index (κ1) is 14.5. The average Bonchev–Trinajstić information content (AvgIpc) is 2.18. The Morgan fingerprint density at radius 3 is 2.71 bits per heavy atom. The van der Waals surface area contributed by atoms with Gasteiger partial charge in [0.25, 0.3) is 5.24 Å². The highest BCUT2D eigenvalue weighted by Crippen LogP contribution is 2.07. The zero-order valence-corrected chi connectivity index (χ0v) is 10.8. The van der Waals surface area contributed by atoms with Gasteiger partial charge >= 0.3 is 0 Å². The summed E-state index contributed by atoms with van der Waals surface area (Å²) in [5.74, 6) is 4.21. The molecule has 0 saturated carbocycles. The molecule has 0 aliphatic carbocycles. The predicted octanol–water partition coefficient (Wildman–Crippen LogP) is 1.87. The second-order valence-corrected chi connectivity index (χ2v) is 5.85. The first-order valence-corrected chi connectivity index (χ1v) is 7.77. The molecule has 0 aliphatic heterocycles. The van der Waals surface area contributed by atoms with Crippen LogP contribution in [0.3, 0.4) is 0 Å². The van der Waals surface area contributed by atoms with E-state index in [1.807, 2.05) is 0 Å². The van der Waals surface area contributed by atoms with Crippen molar-refractivity contribution in [1.82, 2.24) is 5.32 Å². The minimum atomic E-state index is 0.0514. The van der Waals surface area contributed by atoms with E-state index in [1.54, 1.807) is 23.5 Å². The summed E-state index contributed by atoms with van der Waals surface area (Å²) in [5.41, 5.74) is 0. The van der Waals surface area contributed by atoms with E-state index < -0.39 is 0 Å². The number of aliphatic hydroxyl groups excluding tert-OH is 1. The van der Waals surface area contributed by atoms with Gasteiger partial charge in [-0.05, 0) is 5.75 Å². The van der Waals surface area contributed by atoms with Crippen LogP contribution in [0.2, 0.25) is 0 Å². The van der Waals surface area contributed by atoms with Gasteiger partial charge < -0.3 is 10.4 Å². The molecule has 3 nitrogen and oxygen atoms in total. The van der Waals surface area contributed by atoms with E-state index in [1.165, 1.54) is 11.8 Å². The minimum Gasteiger partial charge on any atom is -0.396 e. The number of hydrogen-bond donors (Lipinski definition) is 2. The molecule has 0 fully saturated rings. The van der Waals surface area contributed by atoms with Crippen LogP contribution in [0.15, 0.2) is 0 Å². The van der Waals surface area contributed by atoms with E-state index in [0.717, 1.165) is 23.0 Å². The van der Waals surface area contributed by atoms with Gasteiger partial charge in [-0.2, -0.15) is 11.8 Å². The molecule has 0 heterocycles. The van der Waals surface area contributed by atoms with Crippen LogP contribution < -0.4 is 5.32 Å². The molecule has 6 heteroatoms. The summed E-state index contributed by atoms with van der Waals surface area (Å²) >= 11 is 4.68. The molecule has 0 unspecified atom stereocenters. The maximum atomic E-state index is 11.1. The summed E-state index contributed by atoms with van der Waals surface area (Å²) in [6.07, 6.45) is 0. The molecule has 0 radical (unpaired) electrons. The van der Waals surface area contributed by atoms with Gasteiger partial charge in [-0.15, -0.1) is 11.8 Å². The van der Waals surface area contributed by atoms with Crippen LogP contribution in [0.1, 0.15) is 6.92 Å². The second-order valence-electron chi connectivity index (χ2n) is 2.29. The summed E-state index contributed by atoms with van der Waals surface area (Å²) in [6, 6.07) is 0. The van der Waals surface area contributed by atoms with E-state index in [2.05, 4.69) is 12.2 Å². The lowest BCUT2D eigenvalue weighted by atomic mass is 10.9. The number of aliphatic hydroxyl groups is 1. The number of carbonyl (C=O) groups is 1. The fourth-order valence-electron chi connectivity index (χ4n) is 0.623. The summed E-state index contributed by atoms with van der Waals surface area (Å²) in [4.78, 5) is 11.1. The van der Waals surface area contributed by atoms with E-state index in [0.29, 0.717) is 5.88 Å². The maximum Gasteiger partial charge on any atom is 0.279 e. The maximum absolute atomic E-state index is 11.1. The Balaban J connectivity index is 3.10. The lowest BCUT2D eigenvalue weighted by Crippen LogP contribution is -2.18. The van der Waals surface area contributed by atoms with Crippen molar-refractivity contribution >= 4 is 40.5 Å². The van der Waals surface area contributed by atoms with E-state index in [4.69, 9.17) is 5.11 Å². The van der Waals surface area contributed by atoms with Gasteiger partial charge in [0.15, 0.2) is 0 Å². The molecule has 14 heavy (non-hydrogen) atoms. The van der Waals surface area contributed by atoms with E-state index in [-0.39, 0.29) is 11.8 Å². The molecular formula is C8H17NO2S3. The normalized spacial score (nSPS) is 10.1. The van der Waals surface area contributed by atoms with Crippen LogP contribution in [0.25, 0.3) is 0 Å². The molecule has 0 aromatic rings. The SMILES string of the molecule is CCSCNC(=O)SCCSCCO. The summed E-state index contributed by atoms with van der Waals surface area (Å²) < 4.78 is 0. The highest BCUT2D eigenvalue weighted by Gasteiger charge is 2.00. The van der Waals surface area contributed by atoms with Gasteiger partial charge in [0.1, 0.15) is 0 Å². The molecule has 2 N–H and O–H groups in total. The molecule has 0 aromatic heterocycles. The van der Waals surface area contributed by atoms with E-state index >= 15 is 0 Å². The molecule has 0 aliphatic rings. The molecular weight excluding hydrogens is 238 g/mol. The minimum absolute atomic E-state index is 0.0514. The topological polar surface area (TPSA) is 49.3 Å². The standard InChI is InChI=1S/C8H17NO2S3/c1-2-12-7-9-8(11)14-6-5-13-4-3-10/h10H,2-7H2,1H3,(H,9,11). The van der Waals surface area contributed by atoms with Crippen LogP contribution in [-0.4, -0.2) is 45.8 Å². The highest BCUT2D eigenvalue weighted by atomic mass is 32.2. The van der Waals surface area contributed by atoms with Crippen molar-refractivity contribution in [2.75, 3.05) is 35.5 Å². The third-order valence-electron chi connectivity index (χ3n) is 1.22. The number of hydrogen-bond acceptors (Lipinski definition) is 5. The number of thioether (sulfide) groups is 3. The molecule has 0 bridgehead atoms. The zero-order valence-electron chi connectivity index (χ0n) is 8.32. The van der Waals surface area contributed by atoms with Crippen molar-refractivity contribution in [3.8, 4) is 0 Å². The summed E-state index contributed by atoms with van der Waals surface area (Å²) in [7, 11) is 0. The van der Waals surface area contributed by atoms with Gasteiger partial charge in [-0.3, -0.25) is 4.79 Å². The Kier molecular flexibility index (Phi) is 12.0. The van der Waals surface area contributed by atoms with Gasteiger partial charge in [-0.1, -0.05) is 18.7 Å². The van der Waals surface area contributed by atoms with Crippen LogP contribution in [0.5, 0.6) is 0 Å². The third-order valence-corrected chi connectivity index (χ3v) is 4.01. The summed E-state index contributed by atoms with van der Waals surface area (Å²) in [6.45, 7) is 2.28.